The highest BCUT2D eigenvalue weighted by atomic mass is 35.5. The van der Waals surface area contributed by atoms with Gasteiger partial charge in [-0.1, -0.05) is 35.9 Å². The Hall–Kier alpha value is -2.61. The zero-order valence-electron chi connectivity index (χ0n) is 17.3. The molecular formula is C23H23ClN2O4S. The highest BCUT2D eigenvalue weighted by molar-refractivity contribution is 7.89. The van der Waals surface area contributed by atoms with Crippen molar-refractivity contribution in [1.82, 2.24) is 4.31 Å². The molecule has 0 amide bonds. The van der Waals surface area contributed by atoms with E-state index in [9.17, 15) is 13.2 Å². The number of hydrogen-bond donors (Lipinski definition) is 0. The van der Waals surface area contributed by atoms with Gasteiger partial charge in [-0.15, -0.1) is 0 Å². The molecule has 1 aliphatic heterocycles. The summed E-state index contributed by atoms with van der Waals surface area (Å²) < 4.78 is 32.2. The SMILES string of the molecule is CN(C)S(=O)(=O)c1ccc(N2CCCC2)c(C(=O)Oc2ccc(Cl)c3ccccc23)c1. The van der Waals surface area contributed by atoms with Crippen LogP contribution in [0.25, 0.3) is 10.8 Å². The lowest BCUT2D eigenvalue weighted by Gasteiger charge is -2.22. The largest absolute Gasteiger partial charge is 0.422 e. The molecule has 1 heterocycles. The van der Waals surface area contributed by atoms with Gasteiger partial charge in [0, 0.05) is 43.0 Å². The number of benzene rings is 3. The van der Waals surface area contributed by atoms with Crippen molar-refractivity contribution in [2.75, 3.05) is 32.1 Å². The summed E-state index contributed by atoms with van der Waals surface area (Å²) in [5, 5.41) is 2.05. The van der Waals surface area contributed by atoms with Gasteiger partial charge in [0.15, 0.2) is 0 Å². The summed E-state index contributed by atoms with van der Waals surface area (Å²) in [4.78, 5) is 15.4. The number of halogens is 1. The predicted molar refractivity (Wildman–Crippen MR) is 123 cm³/mol. The number of nitrogens with zero attached hydrogens (tertiary/aromatic N) is 2. The fourth-order valence-electron chi connectivity index (χ4n) is 3.76. The highest BCUT2D eigenvalue weighted by Gasteiger charge is 2.26. The van der Waals surface area contributed by atoms with Gasteiger partial charge in [0.1, 0.15) is 5.75 Å². The first-order valence-electron chi connectivity index (χ1n) is 10.00. The minimum absolute atomic E-state index is 0.0494. The molecule has 0 aliphatic carbocycles. The van der Waals surface area contributed by atoms with Gasteiger partial charge in [-0.2, -0.15) is 0 Å². The number of carbonyl (C=O) groups excluding carboxylic acids is 1. The van der Waals surface area contributed by atoms with Crippen LogP contribution in [0.15, 0.2) is 59.5 Å². The standard InChI is InChI=1S/C23H23ClN2O4S/c1-25(2)31(28,29)16-9-11-21(26-13-5-6-14-26)19(15-16)23(27)30-22-12-10-20(24)17-7-3-4-8-18(17)22/h3-4,7-12,15H,5-6,13-14H2,1-2H3. The summed E-state index contributed by atoms with van der Waals surface area (Å²) in [7, 11) is -0.777. The Morgan fingerprint density at radius 1 is 1.00 bits per heavy atom. The topological polar surface area (TPSA) is 66.9 Å². The molecule has 0 saturated carbocycles. The van der Waals surface area contributed by atoms with Crippen LogP contribution in [0.1, 0.15) is 23.2 Å². The molecule has 0 radical (unpaired) electrons. The summed E-state index contributed by atoms with van der Waals surface area (Å²) in [5.74, 6) is -0.233. The van der Waals surface area contributed by atoms with Gasteiger partial charge < -0.3 is 9.64 Å². The summed E-state index contributed by atoms with van der Waals surface area (Å²) in [5.41, 5.74) is 0.905. The molecule has 0 aromatic heterocycles. The molecule has 1 saturated heterocycles. The van der Waals surface area contributed by atoms with Crippen molar-refractivity contribution in [2.45, 2.75) is 17.7 Å². The minimum Gasteiger partial charge on any atom is -0.422 e. The summed E-state index contributed by atoms with van der Waals surface area (Å²) in [6.07, 6.45) is 2.04. The van der Waals surface area contributed by atoms with E-state index in [1.165, 1.54) is 26.2 Å². The molecule has 6 nitrogen and oxygen atoms in total. The summed E-state index contributed by atoms with van der Waals surface area (Å²) in [6, 6.07) is 15.4. The van der Waals surface area contributed by atoms with Crippen LogP contribution in [0.3, 0.4) is 0 Å². The first-order chi connectivity index (χ1) is 14.8. The Morgan fingerprint density at radius 2 is 1.68 bits per heavy atom. The van der Waals surface area contributed by atoms with Crippen molar-refractivity contribution in [1.29, 1.82) is 0 Å². The van der Waals surface area contributed by atoms with Gasteiger partial charge in [-0.05, 0) is 43.2 Å². The van der Waals surface area contributed by atoms with E-state index < -0.39 is 16.0 Å². The average Bonchev–Trinajstić information content (AvgIpc) is 3.30. The third-order valence-electron chi connectivity index (χ3n) is 5.45. The average molecular weight is 459 g/mol. The Morgan fingerprint density at radius 3 is 2.35 bits per heavy atom. The molecular weight excluding hydrogens is 436 g/mol. The molecule has 0 atom stereocenters. The van der Waals surface area contributed by atoms with Gasteiger partial charge >= 0.3 is 5.97 Å². The maximum absolute atomic E-state index is 13.3. The number of hydrogen-bond acceptors (Lipinski definition) is 5. The molecule has 3 aromatic carbocycles. The lowest BCUT2D eigenvalue weighted by Crippen LogP contribution is -2.25. The van der Waals surface area contributed by atoms with E-state index in [4.69, 9.17) is 16.3 Å². The molecule has 162 valence electrons. The van der Waals surface area contributed by atoms with Gasteiger partial charge in [0.25, 0.3) is 0 Å². The molecule has 4 rings (SSSR count). The van der Waals surface area contributed by atoms with Crippen molar-refractivity contribution in [3.63, 3.8) is 0 Å². The lowest BCUT2D eigenvalue weighted by molar-refractivity contribution is 0.0737. The first-order valence-corrected chi connectivity index (χ1v) is 11.8. The Bertz CT molecular complexity index is 1250. The molecule has 0 spiro atoms. The summed E-state index contributed by atoms with van der Waals surface area (Å²) >= 11 is 6.28. The van der Waals surface area contributed by atoms with E-state index in [-0.39, 0.29) is 10.5 Å². The minimum atomic E-state index is -3.70. The quantitative estimate of drug-likeness (QED) is 0.414. The molecule has 31 heavy (non-hydrogen) atoms. The van der Waals surface area contributed by atoms with Crippen molar-refractivity contribution in [2.24, 2.45) is 0 Å². The molecule has 1 aliphatic rings. The number of esters is 1. The normalized spacial score (nSPS) is 14.4. The second-order valence-electron chi connectivity index (χ2n) is 7.64. The Labute approximate surface area is 187 Å². The number of anilines is 1. The van der Waals surface area contributed by atoms with E-state index in [1.54, 1.807) is 18.2 Å². The highest BCUT2D eigenvalue weighted by Crippen LogP contribution is 2.33. The monoisotopic (exact) mass is 458 g/mol. The number of ether oxygens (including phenoxy) is 1. The van der Waals surface area contributed by atoms with Crippen LogP contribution in [-0.2, 0) is 10.0 Å². The molecule has 8 heteroatoms. The second-order valence-corrected chi connectivity index (χ2v) is 10.2. The second kappa shape index (κ2) is 8.49. The van der Waals surface area contributed by atoms with Crippen LogP contribution in [-0.4, -0.2) is 45.9 Å². The van der Waals surface area contributed by atoms with E-state index in [2.05, 4.69) is 4.90 Å². The van der Waals surface area contributed by atoms with E-state index in [0.717, 1.165) is 35.6 Å². The zero-order valence-corrected chi connectivity index (χ0v) is 18.9. The summed E-state index contributed by atoms with van der Waals surface area (Å²) in [6.45, 7) is 1.62. The van der Waals surface area contributed by atoms with Gasteiger partial charge in [-0.3, -0.25) is 0 Å². The van der Waals surface area contributed by atoms with Gasteiger partial charge in [0.05, 0.1) is 16.1 Å². The third-order valence-corrected chi connectivity index (χ3v) is 7.59. The third kappa shape index (κ3) is 4.13. The first kappa shape index (κ1) is 21.6. The Balaban J connectivity index is 1.78. The van der Waals surface area contributed by atoms with Crippen LogP contribution >= 0.6 is 11.6 Å². The van der Waals surface area contributed by atoms with Crippen LogP contribution in [0.2, 0.25) is 5.02 Å². The molecule has 0 unspecified atom stereocenters. The maximum atomic E-state index is 13.3. The molecule has 0 bridgehead atoms. The fourth-order valence-corrected chi connectivity index (χ4v) is 4.92. The maximum Gasteiger partial charge on any atom is 0.345 e. The van der Waals surface area contributed by atoms with E-state index in [0.29, 0.717) is 21.8 Å². The van der Waals surface area contributed by atoms with Crippen molar-refractivity contribution in [3.8, 4) is 5.75 Å². The number of rotatable bonds is 5. The molecule has 3 aromatic rings. The Kier molecular flexibility index (Phi) is 5.92. The molecule has 1 fully saturated rings. The molecule has 0 N–H and O–H groups in total. The number of fused-ring (bicyclic) bond motifs is 1. The van der Waals surface area contributed by atoms with Crippen LogP contribution in [0.4, 0.5) is 5.69 Å². The van der Waals surface area contributed by atoms with E-state index >= 15 is 0 Å². The van der Waals surface area contributed by atoms with Crippen LogP contribution in [0, 0.1) is 0 Å². The number of carbonyl (C=O) groups is 1. The van der Waals surface area contributed by atoms with Crippen molar-refractivity contribution < 1.29 is 17.9 Å². The van der Waals surface area contributed by atoms with E-state index in [1.807, 2.05) is 24.3 Å². The number of sulfonamides is 1. The fraction of sp³-hybridized carbons (Fsp3) is 0.261. The van der Waals surface area contributed by atoms with Crippen molar-refractivity contribution >= 4 is 44.1 Å². The lowest BCUT2D eigenvalue weighted by atomic mass is 10.1. The smallest absolute Gasteiger partial charge is 0.345 e. The van der Waals surface area contributed by atoms with Crippen LogP contribution < -0.4 is 9.64 Å². The van der Waals surface area contributed by atoms with Gasteiger partial charge in [0.2, 0.25) is 10.0 Å². The zero-order chi connectivity index (χ0) is 22.2. The van der Waals surface area contributed by atoms with Crippen LogP contribution in [0.5, 0.6) is 5.75 Å². The van der Waals surface area contributed by atoms with Crippen molar-refractivity contribution in [3.05, 3.63) is 65.2 Å². The van der Waals surface area contributed by atoms with Gasteiger partial charge in [-0.25, -0.2) is 17.5 Å². The predicted octanol–water partition coefficient (Wildman–Crippen LogP) is 4.56.